The fourth-order valence-corrected chi connectivity index (χ4v) is 7.11. The van der Waals surface area contributed by atoms with E-state index in [2.05, 4.69) is 10.2 Å². The molecule has 3 heterocycles. The molecule has 10 nitrogen and oxygen atoms in total. The molecule has 1 aliphatic heterocycles. The number of hydrogen-bond acceptors (Lipinski definition) is 8. The molecule has 0 amide bonds. The van der Waals surface area contributed by atoms with Crippen molar-refractivity contribution < 1.29 is 23.0 Å². The molecule has 1 saturated heterocycles. The van der Waals surface area contributed by atoms with E-state index in [1.165, 1.54) is 22.9 Å². The summed E-state index contributed by atoms with van der Waals surface area (Å²) in [4.78, 5) is 16.0. The first-order chi connectivity index (χ1) is 22.4. The third-order valence-electron chi connectivity index (χ3n) is 8.46. The first kappa shape index (κ1) is 32.5. The Labute approximate surface area is 274 Å². The van der Waals surface area contributed by atoms with Crippen LogP contribution in [0, 0.1) is 6.92 Å². The van der Waals surface area contributed by atoms with Gasteiger partial charge >= 0.3 is 0 Å². The molecule has 0 bridgehead atoms. The number of aryl methyl sites for hydroxylation is 2. The van der Waals surface area contributed by atoms with Gasteiger partial charge in [-0.3, -0.25) is 9.69 Å². The fraction of sp³-hybridized carbons (Fsp3) is 0.306. The van der Waals surface area contributed by atoms with Crippen LogP contribution in [0.3, 0.4) is 0 Å². The van der Waals surface area contributed by atoms with Gasteiger partial charge in [0.25, 0.3) is 15.6 Å². The number of aliphatic hydroxyl groups is 1. The van der Waals surface area contributed by atoms with E-state index in [9.17, 15) is 18.3 Å². The highest BCUT2D eigenvalue weighted by Crippen LogP contribution is 2.40. The summed E-state index contributed by atoms with van der Waals surface area (Å²) in [5.41, 5.74) is 1.09. The lowest BCUT2D eigenvalue weighted by Gasteiger charge is -2.26. The van der Waals surface area contributed by atoms with Crippen molar-refractivity contribution in [3.05, 3.63) is 107 Å². The van der Waals surface area contributed by atoms with Crippen LogP contribution in [-0.2, 0) is 22.7 Å². The van der Waals surface area contributed by atoms with Crippen LogP contribution in [0.5, 0.6) is 17.2 Å². The van der Waals surface area contributed by atoms with Gasteiger partial charge in [0.1, 0.15) is 29.4 Å². The maximum absolute atomic E-state index is 13.8. The van der Waals surface area contributed by atoms with Crippen LogP contribution in [-0.4, -0.2) is 66.3 Å². The lowest BCUT2D eigenvalue weighted by Crippen LogP contribution is -2.44. The smallest absolute Gasteiger partial charge is 0.275 e. The Hall–Kier alpha value is -4.42. The Bertz CT molecular complexity index is 2070. The summed E-state index contributed by atoms with van der Waals surface area (Å²) in [5, 5.41) is 14.7. The van der Waals surface area contributed by atoms with Crippen LogP contribution < -0.4 is 20.3 Å². The second-order valence-electron chi connectivity index (χ2n) is 12.4. The highest BCUT2D eigenvalue weighted by Gasteiger charge is 2.25. The summed E-state index contributed by atoms with van der Waals surface area (Å²) in [5.74, 6) is 1.68. The molecule has 1 fully saturated rings. The average Bonchev–Trinajstić information content (AvgIpc) is 3.50. The van der Waals surface area contributed by atoms with Gasteiger partial charge in [-0.25, -0.2) is 12.4 Å². The summed E-state index contributed by atoms with van der Waals surface area (Å²) in [7, 11) is -2.49. The van der Waals surface area contributed by atoms with Crippen molar-refractivity contribution in [1.82, 2.24) is 18.8 Å². The van der Waals surface area contributed by atoms with Gasteiger partial charge in [0, 0.05) is 74.7 Å². The predicted octanol–water partition coefficient (Wildman–Crippen LogP) is 4.86. The van der Waals surface area contributed by atoms with E-state index in [0.717, 1.165) is 42.3 Å². The van der Waals surface area contributed by atoms with E-state index >= 15 is 0 Å². The summed E-state index contributed by atoms with van der Waals surface area (Å²) >= 11 is 0. The quantitative estimate of drug-likeness (QED) is 0.219. The molecule has 0 aliphatic carbocycles. The van der Waals surface area contributed by atoms with Gasteiger partial charge in [0.2, 0.25) is 0 Å². The molecular formula is C36H40N4O6S. The van der Waals surface area contributed by atoms with Gasteiger partial charge < -0.3 is 24.5 Å². The minimum Gasteiger partial charge on any atom is -0.492 e. The van der Waals surface area contributed by atoms with E-state index in [4.69, 9.17) is 9.47 Å². The average molecular weight is 657 g/mol. The Kier molecular flexibility index (Phi) is 8.99. The second kappa shape index (κ2) is 13.0. The Morgan fingerprint density at radius 2 is 1.66 bits per heavy atom. The third kappa shape index (κ3) is 6.84. The minimum atomic E-state index is -4.08. The van der Waals surface area contributed by atoms with Crippen molar-refractivity contribution in [3.63, 3.8) is 0 Å². The molecule has 5 aromatic rings. The molecule has 0 atom stereocenters. The molecule has 246 valence electrons. The number of hydrogen-bond donors (Lipinski definition) is 2. The summed E-state index contributed by atoms with van der Waals surface area (Å²) in [6, 6.07) is 20.9. The number of nitrogens with zero attached hydrogens (tertiary/aromatic N) is 3. The molecule has 0 spiro atoms. The standard InChI is InChI=1S/C36H40N4O6S/c1-25-8-11-29(12-9-25)47(43,44)40-17-14-30-32(24-38(4)35(41)34(30)40)31-22-26(36(2,3)42)10-13-33(31)46-28-7-5-6-27(23-28)45-21-20-39-18-15-37-16-19-39/h5-14,17,22-24,37,42H,15-16,18-21H2,1-4H3. The second-order valence-corrected chi connectivity index (χ2v) is 14.3. The molecule has 2 N–H and O–H groups in total. The zero-order valence-corrected chi connectivity index (χ0v) is 27.9. The maximum atomic E-state index is 13.8. The van der Waals surface area contributed by atoms with Gasteiger partial charge in [-0.15, -0.1) is 0 Å². The first-order valence-electron chi connectivity index (χ1n) is 15.7. The largest absolute Gasteiger partial charge is 0.492 e. The summed E-state index contributed by atoms with van der Waals surface area (Å²) in [6.45, 7) is 10.6. The molecule has 2 aromatic heterocycles. The lowest BCUT2D eigenvalue weighted by molar-refractivity contribution is 0.0786. The zero-order chi connectivity index (χ0) is 33.3. The maximum Gasteiger partial charge on any atom is 0.275 e. The number of nitrogens with one attached hydrogen (secondary N) is 1. The predicted molar refractivity (Wildman–Crippen MR) is 183 cm³/mol. The summed E-state index contributed by atoms with van der Waals surface area (Å²) < 4.78 is 42.4. The van der Waals surface area contributed by atoms with Gasteiger partial charge in [-0.05, 0) is 68.8 Å². The van der Waals surface area contributed by atoms with Crippen LogP contribution in [0.2, 0.25) is 0 Å². The van der Waals surface area contributed by atoms with Crippen molar-refractivity contribution >= 4 is 20.9 Å². The fourth-order valence-electron chi connectivity index (χ4n) is 5.76. The highest BCUT2D eigenvalue weighted by molar-refractivity contribution is 7.90. The van der Waals surface area contributed by atoms with Crippen molar-refractivity contribution in [2.45, 2.75) is 31.3 Å². The van der Waals surface area contributed by atoms with Crippen molar-refractivity contribution in [2.24, 2.45) is 7.05 Å². The Balaban J connectivity index is 1.40. The topological polar surface area (TPSA) is 115 Å². The summed E-state index contributed by atoms with van der Waals surface area (Å²) in [6.07, 6.45) is 3.08. The molecule has 47 heavy (non-hydrogen) atoms. The van der Waals surface area contributed by atoms with Crippen LogP contribution >= 0.6 is 0 Å². The molecule has 11 heteroatoms. The van der Waals surface area contributed by atoms with Crippen molar-refractivity contribution in [3.8, 4) is 28.4 Å². The molecule has 0 saturated carbocycles. The van der Waals surface area contributed by atoms with E-state index in [1.807, 2.05) is 37.3 Å². The Morgan fingerprint density at radius 3 is 2.38 bits per heavy atom. The number of piperazine rings is 1. The molecule has 3 aromatic carbocycles. The van der Waals surface area contributed by atoms with Crippen LogP contribution in [0.15, 0.2) is 94.9 Å². The number of ether oxygens (including phenoxy) is 2. The van der Waals surface area contributed by atoms with Crippen LogP contribution in [0.25, 0.3) is 22.0 Å². The zero-order valence-electron chi connectivity index (χ0n) is 27.1. The van der Waals surface area contributed by atoms with Gasteiger partial charge in [0.15, 0.2) is 0 Å². The van der Waals surface area contributed by atoms with Crippen molar-refractivity contribution in [1.29, 1.82) is 0 Å². The third-order valence-corrected chi connectivity index (χ3v) is 10.2. The van der Waals surface area contributed by atoms with E-state index in [-0.39, 0.29) is 10.4 Å². The van der Waals surface area contributed by atoms with Gasteiger partial charge in [0.05, 0.1) is 10.5 Å². The van der Waals surface area contributed by atoms with E-state index in [0.29, 0.717) is 45.9 Å². The number of fused-ring (bicyclic) bond motifs is 1. The normalized spacial score (nSPS) is 14.4. The molecule has 1 aliphatic rings. The number of rotatable bonds is 10. The number of pyridine rings is 1. The highest BCUT2D eigenvalue weighted by atomic mass is 32.2. The number of benzene rings is 3. The van der Waals surface area contributed by atoms with Gasteiger partial charge in [-0.2, -0.15) is 0 Å². The number of aromatic nitrogens is 2. The van der Waals surface area contributed by atoms with Crippen molar-refractivity contribution in [2.75, 3.05) is 39.3 Å². The first-order valence-corrected chi connectivity index (χ1v) is 17.1. The molecule has 0 radical (unpaired) electrons. The van der Waals surface area contributed by atoms with Gasteiger partial charge in [-0.1, -0.05) is 29.8 Å². The SMILES string of the molecule is Cc1ccc(S(=O)(=O)n2ccc3c(-c4cc(C(C)(C)O)ccc4Oc4cccc(OCCN5CCNCC5)c4)cn(C)c(=O)c32)cc1. The van der Waals surface area contributed by atoms with E-state index in [1.54, 1.807) is 57.4 Å². The monoisotopic (exact) mass is 656 g/mol. The van der Waals surface area contributed by atoms with Crippen LogP contribution in [0.1, 0.15) is 25.0 Å². The Morgan fingerprint density at radius 1 is 0.936 bits per heavy atom. The van der Waals surface area contributed by atoms with E-state index < -0.39 is 21.2 Å². The lowest BCUT2D eigenvalue weighted by atomic mass is 9.93. The minimum absolute atomic E-state index is 0.0186. The molecular weight excluding hydrogens is 616 g/mol. The molecule has 0 unspecified atom stereocenters. The van der Waals surface area contributed by atoms with Crippen LogP contribution in [0.4, 0.5) is 0 Å². The molecule has 6 rings (SSSR count).